The van der Waals surface area contributed by atoms with Crippen LogP contribution in [-0.2, 0) is 10.8 Å². The van der Waals surface area contributed by atoms with Gasteiger partial charge < -0.3 is 4.90 Å². The lowest BCUT2D eigenvalue weighted by atomic mass is 9.79. The minimum absolute atomic E-state index is 0.000986. The first-order valence-electron chi connectivity index (χ1n) is 20.2. The molecule has 4 fully saturated rings. The fourth-order valence-corrected chi connectivity index (χ4v) is 12.6. The van der Waals surface area contributed by atoms with E-state index in [1.54, 1.807) is 11.1 Å². The van der Waals surface area contributed by atoms with E-state index in [1.807, 2.05) is 0 Å². The molecule has 5 aromatic carbocycles. The lowest BCUT2D eigenvalue weighted by molar-refractivity contribution is 0.420. The normalized spacial score (nSPS) is 28.1. The third kappa shape index (κ3) is 4.39. The molecule has 6 unspecified atom stereocenters. The largest absolute Gasteiger partial charge is 0.310 e. The molecule has 0 spiro atoms. The molecule has 0 heterocycles. The first-order valence-corrected chi connectivity index (χ1v) is 20.2. The van der Waals surface area contributed by atoms with Crippen LogP contribution in [0.5, 0.6) is 0 Å². The van der Waals surface area contributed by atoms with E-state index in [0.717, 1.165) is 35.5 Å². The summed E-state index contributed by atoms with van der Waals surface area (Å²) in [5.41, 5.74) is 18.2. The molecule has 1 nitrogen and oxygen atoms in total. The maximum atomic E-state index is 2.54. The van der Waals surface area contributed by atoms with Gasteiger partial charge in [-0.05, 0) is 178 Å². The zero-order valence-corrected chi connectivity index (χ0v) is 30.9. The van der Waals surface area contributed by atoms with Gasteiger partial charge in [-0.1, -0.05) is 95.1 Å². The van der Waals surface area contributed by atoms with Gasteiger partial charge in [-0.25, -0.2) is 0 Å². The molecule has 0 aliphatic heterocycles. The highest BCUT2D eigenvalue weighted by Gasteiger charge is 2.43. The Morgan fingerprint density at radius 1 is 0.431 bits per heavy atom. The zero-order valence-electron chi connectivity index (χ0n) is 30.9. The van der Waals surface area contributed by atoms with Gasteiger partial charge in [-0.3, -0.25) is 0 Å². The summed E-state index contributed by atoms with van der Waals surface area (Å²) in [7, 11) is 0. The summed E-state index contributed by atoms with van der Waals surface area (Å²) in [6.45, 7) is 9.69. The molecule has 6 aliphatic carbocycles. The van der Waals surface area contributed by atoms with Crippen molar-refractivity contribution >= 4 is 17.1 Å². The van der Waals surface area contributed by atoms with Gasteiger partial charge in [0.05, 0.1) is 0 Å². The van der Waals surface area contributed by atoms with Crippen LogP contribution >= 0.6 is 0 Å². The van der Waals surface area contributed by atoms with Crippen LogP contribution in [0, 0.1) is 23.7 Å². The van der Waals surface area contributed by atoms with E-state index in [4.69, 9.17) is 0 Å². The average molecular weight is 666 g/mol. The van der Waals surface area contributed by atoms with Crippen molar-refractivity contribution in [1.29, 1.82) is 0 Å². The van der Waals surface area contributed by atoms with Crippen LogP contribution in [0.1, 0.15) is 124 Å². The van der Waals surface area contributed by atoms with Crippen molar-refractivity contribution in [3.8, 4) is 22.3 Å². The Morgan fingerprint density at radius 2 is 0.902 bits per heavy atom. The monoisotopic (exact) mass is 665 g/mol. The molecule has 5 aromatic rings. The molecule has 6 atom stereocenters. The second-order valence-electron chi connectivity index (χ2n) is 18.6. The number of hydrogen-bond acceptors (Lipinski definition) is 1. The van der Waals surface area contributed by atoms with Crippen LogP contribution in [0.25, 0.3) is 22.3 Å². The summed E-state index contributed by atoms with van der Waals surface area (Å²) in [6, 6.07) is 41.0. The number of rotatable bonds is 5. The van der Waals surface area contributed by atoms with Gasteiger partial charge in [-0.15, -0.1) is 0 Å². The molecule has 0 aromatic heterocycles. The number of hydrogen-bond donors (Lipinski definition) is 0. The second kappa shape index (κ2) is 10.7. The maximum Gasteiger partial charge on any atom is 0.0465 e. The summed E-state index contributed by atoms with van der Waals surface area (Å²) in [5.74, 6) is 5.24. The second-order valence-corrected chi connectivity index (χ2v) is 18.6. The van der Waals surface area contributed by atoms with Crippen molar-refractivity contribution in [1.82, 2.24) is 0 Å². The van der Waals surface area contributed by atoms with Gasteiger partial charge in [-0.2, -0.15) is 0 Å². The Labute approximate surface area is 305 Å². The van der Waals surface area contributed by atoms with Crippen molar-refractivity contribution in [3.63, 3.8) is 0 Å². The molecule has 6 aliphatic rings. The highest BCUT2D eigenvalue weighted by atomic mass is 15.1. The molecular formula is C50H51N. The topological polar surface area (TPSA) is 3.24 Å². The Morgan fingerprint density at radius 3 is 1.41 bits per heavy atom. The summed E-state index contributed by atoms with van der Waals surface area (Å²) in [4.78, 5) is 2.54. The Balaban J connectivity index is 0.998. The molecule has 0 radical (unpaired) electrons. The van der Waals surface area contributed by atoms with Crippen molar-refractivity contribution in [2.45, 2.75) is 102 Å². The highest BCUT2D eigenvalue weighted by molar-refractivity contribution is 5.91. The lowest BCUT2D eigenvalue weighted by Crippen LogP contribution is -2.17. The fraction of sp³-hybridized carbons (Fsp3) is 0.400. The molecule has 0 N–H and O–H groups in total. The van der Waals surface area contributed by atoms with E-state index in [2.05, 4.69) is 136 Å². The van der Waals surface area contributed by atoms with Crippen LogP contribution in [0.15, 0.2) is 103 Å². The molecule has 1 heteroatoms. The van der Waals surface area contributed by atoms with E-state index in [1.165, 1.54) is 113 Å². The van der Waals surface area contributed by atoms with E-state index >= 15 is 0 Å². The van der Waals surface area contributed by atoms with E-state index in [0.29, 0.717) is 0 Å². The molecule has 0 amide bonds. The number of fused-ring (bicyclic) bond motifs is 10. The third-order valence-electron chi connectivity index (χ3n) is 15.3. The molecule has 256 valence electrons. The first kappa shape index (κ1) is 30.5. The molecule has 0 saturated heterocycles. The predicted octanol–water partition coefficient (Wildman–Crippen LogP) is 13.6. The summed E-state index contributed by atoms with van der Waals surface area (Å²) in [5, 5.41) is 0. The first-order chi connectivity index (χ1) is 24.7. The maximum absolute atomic E-state index is 2.54. The van der Waals surface area contributed by atoms with Crippen molar-refractivity contribution in [3.05, 3.63) is 137 Å². The number of nitrogens with zero attached hydrogens (tertiary/aromatic N) is 1. The highest BCUT2D eigenvalue weighted by Crippen LogP contribution is 2.58. The summed E-state index contributed by atoms with van der Waals surface area (Å²) < 4.78 is 0. The minimum atomic E-state index is -0.0969. The molecule has 51 heavy (non-hydrogen) atoms. The lowest BCUT2D eigenvalue weighted by Gasteiger charge is -2.29. The van der Waals surface area contributed by atoms with Crippen LogP contribution in [0.3, 0.4) is 0 Å². The molecule has 4 saturated carbocycles. The minimum Gasteiger partial charge on any atom is -0.310 e. The van der Waals surface area contributed by atoms with Crippen molar-refractivity contribution in [2.24, 2.45) is 23.7 Å². The van der Waals surface area contributed by atoms with Gasteiger partial charge in [0.2, 0.25) is 0 Å². The summed E-state index contributed by atoms with van der Waals surface area (Å²) >= 11 is 0. The number of benzene rings is 5. The van der Waals surface area contributed by atoms with Gasteiger partial charge >= 0.3 is 0 Å². The van der Waals surface area contributed by atoms with Gasteiger partial charge in [0.25, 0.3) is 0 Å². The smallest absolute Gasteiger partial charge is 0.0465 e. The van der Waals surface area contributed by atoms with Crippen LogP contribution in [0.2, 0.25) is 0 Å². The fourth-order valence-electron chi connectivity index (χ4n) is 12.6. The molecule has 4 bridgehead atoms. The van der Waals surface area contributed by atoms with Crippen LogP contribution < -0.4 is 4.90 Å². The standard InChI is InChI=1S/C50H51N/c1-49(2)45-8-6-5-7-39(45)43-28-48-44(29-47(43)49)40-22-21-38(27-46(40)50(48,3)4)51(36-17-13-32(14-18-36)41-25-30-9-11-34(41)23-30)37-19-15-33(16-20-37)42-26-31-10-12-35(42)24-31/h5-8,13-22,27-31,34-35,41-42H,9-12,23-26H2,1-4H3. The Kier molecular flexibility index (Phi) is 6.42. The quantitative estimate of drug-likeness (QED) is 0.181. The van der Waals surface area contributed by atoms with Crippen molar-refractivity contribution < 1.29 is 0 Å². The zero-order chi connectivity index (χ0) is 34.2. The average Bonchev–Trinajstić information content (AvgIpc) is 4.02. The van der Waals surface area contributed by atoms with E-state index < -0.39 is 0 Å². The van der Waals surface area contributed by atoms with E-state index in [-0.39, 0.29) is 10.8 Å². The van der Waals surface area contributed by atoms with Crippen LogP contribution in [0.4, 0.5) is 17.1 Å². The van der Waals surface area contributed by atoms with Gasteiger partial charge in [0.1, 0.15) is 0 Å². The van der Waals surface area contributed by atoms with Gasteiger partial charge in [0, 0.05) is 27.9 Å². The Hall–Kier alpha value is -4.10. The SMILES string of the molecule is CC1(C)c2ccccc2-c2cc3c(cc21)-c1ccc(N(c2ccc(C4CC5CCC4C5)cc2)c2ccc(C4CC5CCC4C5)cc2)cc1C3(C)C. The third-order valence-corrected chi connectivity index (χ3v) is 15.3. The van der Waals surface area contributed by atoms with Gasteiger partial charge in [0.15, 0.2) is 0 Å². The molecular weight excluding hydrogens is 615 g/mol. The van der Waals surface area contributed by atoms with Crippen LogP contribution in [-0.4, -0.2) is 0 Å². The predicted molar refractivity (Wildman–Crippen MR) is 213 cm³/mol. The number of anilines is 3. The Bertz CT molecular complexity index is 2130. The molecule has 11 rings (SSSR count). The summed E-state index contributed by atoms with van der Waals surface area (Å²) in [6.07, 6.45) is 11.5. The van der Waals surface area contributed by atoms with E-state index in [9.17, 15) is 0 Å². The van der Waals surface area contributed by atoms with Crippen molar-refractivity contribution in [2.75, 3.05) is 4.90 Å².